The first-order chi connectivity index (χ1) is 7.81. The number of nitrogens with zero attached hydrogens (tertiary/aromatic N) is 1. The fourth-order valence-corrected chi connectivity index (χ4v) is 1.47. The van der Waals surface area contributed by atoms with Crippen LogP contribution in [0.5, 0.6) is 0 Å². The van der Waals surface area contributed by atoms with Crippen molar-refractivity contribution >= 4 is 34.4 Å². The maximum atomic E-state index is 4.90. The molecule has 0 aliphatic rings. The van der Waals surface area contributed by atoms with E-state index in [9.17, 15) is 0 Å². The third-order valence-corrected chi connectivity index (χ3v) is 2.51. The van der Waals surface area contributed by atoms with E-state index in [1.165, 1.54) is 0 Å². The van der Waals surface area contributed by atoms with Crippen LogP contribution in [0.25, 0.3) is 10.9 Å². The van der Waals surface area contributed by atoms with Crippen molar-refractivity contribution in [1.29, 1.82) is 0 Å². The largest absolute Gasteiger partial charge is 0.364 e. The number of hydrazone groups is 1. The average molecular weight is 232 g/mol. The molecule has 1 aromatic heterocycles. The minimum atomic E-state index is 0.496. The highest BCUT2D eigenvalue weighted by molar-refractivity contribution is 7.80. The van der Waals surface area contributed by atoms with E-state index in [4.69, 9.17) is 12.2 Å². The Morgan fingerprint density at radius 3 is 3.06 bits per heavy atom. The lowest BCUT2D eigenvalue weighted by atomic mass is 10.2. The molecule has 4 nitrogen and oxygen atoms in total. The van der Waals surface area contributed by atoms with Crippen molar-refractivity contribution in [2.45, 2.75) is 0 Å². The predicted octanol–water partition coefficient (Wildman–Crippen LogP) is 1.60. The van der Waals surface area contributed by atoms with Crippen LogP contribution in [0.4, 0.5) is 0 Å². The van der Waals surface area contributed by atoms with Crippen LogP contribution < -0.4 is 10.7 Å². The van der Waals surface area contributed by atoms with Crippen LogP contribution in [0.3, 0.4) is 0 Å². The molecule has 0 saturated heterocycles. The summed E-state index contributed by atoms with van der Waals surface area (Å²) in [6, 6.07) is 8.06. The fourth-order valence-electron chi connectivity index (χ4n) is 1.42. The molecule has 2 aromatic rings. The highest BCUT2D eigenvalue weighted by atomic mass is 32.1. The van der Waals surface area contributed by atoms with Crippen LogP contribution in [-0.2, 0) is 0 Å². The third kappa shape index (κ3) is 2.20. The predicted molar refractivity (Wildman–Crippen MR) is 70.7 cm³/mol. The molecule has 3 N–H and O–H groups in total. The number of para-hydroxylation sites is 1. The molecule has 0 saturated carbocycles. The summed E-state index contributed by atoms with van der Waals surface area (Å²) in [4.78, 5) is 3.17. The lowest BCUT2D eigenvalue weighted by Gasteiger charge is -1.98. The Bertz CT molecular complexity index is 530. The normalized spacial score (nSPS) is 10.8. The van der Waals surface area contributed by atoms with Gasteiger partial charge in [0, 0.05) is 29.7 Å². The van der Waals surface area contributed by atoms with Crippen LogP contribution in [0.1, 0.15) is 5.56 Å². The number of aromatic nitrogens is 1. The molecular formula is C11H12N4S. The first-order valence-electron chi connectivity index (χ1n) is 4.88. The van der Waals surface area contributed by atoms with E-state index in [0.29, 0.717) is 5.11 Å². The number of thiocarbonyl (C=S) groups is 1. The lowest BCUT2D eigenvalue weighted by molar-refractivity contribution is 0.982. The Kier molecular flexibility index (Phi) is 3.16. The van der Waals surface area contributed by atoms with E-state index in [1.807, 2.05) is 30.5 Å². The summed E-state index contributed by atoms with van der Waals surface area (Å²) in [5, 5.41) is 8.46. The zero-order chi connectivity index (χ0) is 11.4. The monoisotopic (exact) mass is 232 g/mol. The van der Waals surface area contributed by atoms with Gasteiger partial charge >= 0.3 is 0 Å². The van der Waals surface area contributed by atoms with Crippen molar-refractivity contribution in [3.8, 4) is 0 Å². The number of nitrogens with one attached hydrogen (secondary N) is 3. The summed E-state index contributed by atoms with van der Waals surface area (Å²) >= 11 is 4.90. The molecule has 0 radical (unpaired) electrons. The molecule has 16 heavy (non-hydrogen) atoms. The zero-order valence-corrected chi connectivity index (χ0v) is 9.64. The Hall–Kier alpha value is -1.88. The van der Waals surface area contributed by atoms with Gasteiger partial charge in [-0.3, -0.25) is 5.43 Å². The zero-order valence-electron chi connectivity index (χ0n) is 8.82. The van der Waals surface area contributed by atoms with Crippen molar-refractivity contribution in [1.82, 2.24) is 15.7 Å². The summed E-state index contributed by atoms with van der Waals surface area (Å²) in [6.07, 6.45) is 3.65. The molecule has 2 rings (SSSR count). The summed E-state index contributed by atoms with van der Waals surface area (Å²) in [6.45, 7) is 0. The standard InChI is InChI=1S/C11H12N4S/c1-12-11(16)15-14-7-8-6-13-10-5-3-2-4-9(8)10/h2-7,13H,1H3,(H2,12,15,16)/b14-7+. The van der Waals surface area contributed by atoms with Crippen molar-refractivity contribution in [2.24, 2.45) is 5.10 Å². The molecule has 0 atom stereocenters. The Morgan fingerprint density at radius 2 is 2.25 bits per heavy atom. The minimum absolute atomic E-state index is 0.496. The van der Waals surface area contributed by atoms with E-state index in [1.54, 1.807) is 13.3 Å². The average Bonchev–Trinajstić information content (AvgIpc) is 2.73. The lowest BCUT2D eigenvalue weighted by Crippen LogP contribution is -2.28. The second-order valence-corrected chi connectivity index (χ2v) is 3.65. The highest BCUT2D eigenvalue weighted by Gasteiger charge is 1.98. The SMILES string of the molecule is CNC(=S)N/N=C/c1c[nH]c2ccccc12. The van der Waals surface area contributed by atoms with E-state index >= 15 is 0 Å². The number of fused-ring (bicyclic) bond motifs is 1. The van der Waals surface area contributed by atoms with Gasteiger partial charge in [-0.1, -0.05) is 18.2 Å². The number of hydrogen-bond donors (Lipinski definition) is 3. The smallest absolute Gasteiger partial charge is 0.186 e. The third-order valence-electron chi connectivity index (χ3n) is 2.22. The molecule has 0 bridgehead atoms. The molecule has 0 fully saturated rings. The summed E-state index contributed by atoms with van der Waals surface area (Å²) < 4.78 is 0. The maximum absolute atomic E-state index is 4.90. The van der Waals surface area contributed by atoms with Gasteiger partial charge in [-0.05, 0) is 18.3 Å². The molecule has 0 aliphatic carbocycles. The van der Waals surface area contributed by atoms with Gasteiger partial charge in [0.25, 0.3) is 0 Å². The second kappa shape index (κ2) is 4.76. The van der Waals surface area contributed by atoms with Gasteiger partial charge in [-0.15, -0.1) is 0 Å². The van der Waals surface area contributed by atoms with E-state index in [-0.39, 0.29) is 0 Å². The summed E-state index contributed by atoms with van der Waals surface area (Å²) in [7, 11) is 1.75. The molecule has 0 unspecified atom stereocenters. The van der Waals surface area contributed by atoms with Gasteiger partial charge in [0.15, 0.2) is 5.11 Å². The molecule has 1 aromatic carbocycles. The Labute approximate surface area is 98.7 Å². The van der Waals surface area contributed by atoms with Gasteiger partial charge in [-0.2, -0.15) is 5.10 Å². The van der Waals surface area contributed by atoms with E-state index in [2.05, 4.69) is 20.8 Å². The molecule has 1 heterocycles. The van der Waals surface area contributed by atoms with Crippen LogP contribution in [0.15, 0.2) is 35.6 Å². The van der Waals surface area contributed by atoms with Gasteiger partial charge < -0.3 is 10.3 Å². The fraction of sp³-hybridized carbons (Fsp3) is 0.0909. The first kappa shape index (κ1) is 10.6. The number of H-pyrrole nitrogens is 1. The maximum Gasteiger partial charge on any atom is 0.186 e. The molecule has 5 heteroatoms. The van der Waals surface area contributed by atoms with Gasteiger partial charge in [0.2, 0.25) is 0 Å². The van der Waals surface area contributed by atoms with Gasteiger partial charge in [-0.25, -0.2) is 0 Å². The molecule has 0 spiro atoms. The van der Waals surface area contributed by atoms with Crippen molar-refractivity contribution < 1.29 is 0 Å². The van der Waals surface area contributed by atoms with Crippen molar-refractivity contribution in [3.63, 3.8) is 0 Å². The van der Waals surface area contributed by atoms with Crippen molar-refractivity contribution in [3.05, 3.63) is 36.0 Å². The second-order valence-electron chi connectivity index (χ2n) is 3.24. The number of rotatable bonds is 2. The Morgan fingerprint density at radius 1 is 1.44 bits per heavy atom. The van der Waals surface area contributed by atoms with E-state index in [0.717, 1.165) is 16.5 Å². The van der Waals surface area contributed by atoms with Crippen LogP contribution >= 0.6 is 12.2 Å². The quantitative estimate of drug-likeness (QED) is 0.419. The van der Waals surface area contributed by atoms with Gasteiger partial charge in [0.1, 0.15) is 0 Å². The van der Waals surface area contributed by atoms with E-state index < -0.39 is 0 Å². The Balaban J connectivity index is 2.18. The molecule has 82 valence electrons. The number of benzene rings is 1. The molecule has 0 amide bonds. The topological polar surface area (TPSA) is 52.2 Å². The minimum Gasteiger partial charge on any atom is -0.364 e. The molecular weight excluding hydrogens is 220 g/mol. The summed E-state index contributed by atoms with van der Waals surface area (Å²) in [5.74, 6) is 0. The first-order valence-corrected chi connectivity index (χ1v) is 5.29. The molecule has 0 aliphatic heterocycles. The number of aromatic amines is 1. The highest BCUT2D eigenvalue weighted by Crippen LogP contribution is 2.15. The van der Waals surface area contributed by atoms with Gasteiger partial charge in [0.05, 0.1) is 6.21 Å². The van der Waals surface area contributed by atoms with Crippen LogP contribution in [-0.4, -0.2) is 23.4 Å². The van der Waals surface area contributed by atoms with Crippen LogP contribution in [0.2, 0.25) is 0 Å². The number of hydrogen-bond acceptors (Lipinski definition) is 2. The van der Waals surface area contributed by atoms with Crippen LogP contribution in [0, 0.1) is 0 Å². The van der Waals surface area contributed by atoms with Crippen molar-refractivity contribution in [2.75, 3.05) is 7.05 Å². The summed E-state index contributed by atoms with van der Waals surface area (Å²) in [5.41, 5.74) is 4.84.